The second kappa shape index (κ2) is 4.74. The highest BCUT2D eigenvalue weighted by atomic mass is 35.5. The molecule has 1 N–H and O–H groups in total. The Kier molecular flexibility index (Phi) is 2.92. The Morgan fingerprint density at radius 2 is 2.26 bits per heavy atom. The van der Waals surface area contributed by atoms with Crippen LogP contribution in [0, 0.1) is 0 Å². The van der Waals surface area contributed by atoms with Gasteiger partial charge in [0.15, 0.2) is 0 Å². The number of hydrogen-bond acceptors (Lipinski definition) is 5. The van der Waals surface area contributed by atoms with Gasteiger partial charge >= 0.3 is 0 Å². The normalized spacial score (nSPS) is 10.6. The number of hydrogen-bond donors (Lipinski definition) is 1. The van der Waals surface area contributed by atoms with Crippen LogP contribution in [-0.2, 0) is 0 Å². The van der Waals surface area contributed by atoms with Gasteiger partial charge in [0.05, 0.1) is 17.4 Å². The fourth-order valence-corrected chi connectivity index (χ4v) is 1.82. The molecule has 0 aromatic carbocycles. The van der Waals surface area contributed by atoms with Crippen LogP contribution in [0.4, 0.5) is 5.82 Å². The minimum atomic E-state index is 0.390. The summed E-state index contributed by atoms with van der Waals surface area (Å²) in [6.45, 7) is 0. The molecule has 0 aliphatic heterocycles. The predicted octanol–water partition coefficient (Wildman–Crippen LogP) is 2.61. The Bertz CT molecular complexity index is 727. The number of pyridine rings is 1. The fraction of sp³-hybridized carbons (Fsp3) is 0.0833. The molecule has 0 bridgehead atoms. The molecule has 3 aromatic heterocycles. The molecule has 0 fully saturated rings. The molecular weight excluding hydrogens is 266 g/mol. The van der Waals surface area contributed by atoms with E-state index in [0.717, 1.165) is 0 Å². The maximum atomic E-state index is 5.87. The van der Waals surface area contributed by atoms with Crippen molar-refractivity contribution in [2.24, 2.45) is 0 Å². The highest BCUT2D eigenvalue weighted by molar-refractivity contribution is 6.30. The van der Waals surface area contributed by atoms with Gasteiger partial charge in [-0.2, -0.15) is 4.98 Å². The third-order valence-electron chi connectivity index (χ3n) is 2.49. The van der Waals surface area contributed by atoms with Crippen molar-refractivity contribution in [1.82, 2.24) is 19.4 Å². The number of anilines is 1. The van der Waals surface area contributed by atoms with E-state index in [2.05, 4.69) is 20.3 Å². The zero-order valence-corrected chi connectivity index (χ0v) is 10.8. The Balaban J connectivity index is 2.06. The summed E-state index contributed by atoms with van der Waals surface area (Å²) < 4.78 is 7.52. The molecule has 0 radical (unpaired) electrons. The number of nitrogens with zero attached hydrogens (tertiary/aromatic N) is 4. The van der Waals surface area contributed by atoms with Gasteiger partial charge in [0.1, 0.15) is 11.6 Å². The van der Waals surface area contributed by atoms with E-state index in [4.69, 9.17) is 16.3 Å². The number of ether oxygens (including phenoxy) is 1. The first-order valence-electron chi connectivity index (χ1n) is 5.56. The first kappa shape index (κ1) is 11.7. The van der Waals surface area contributed by atoms with Gasteiger partial charge in [-0.3, -0.25) is 9.38 Å². The predicted molar refractivity (Wildman–Crippen MR) is 71.9 cm³/mol. The van der Waals surface area contributed by atoms with Crippen LogP contribution in [0.25, 0.3) is 5.65 Å². The second-order valence-corrected chi connectivity index (χ2v) is 4.22. The molecule has 3 heterocycles. The average Bonchev–Trinajstić information content (AvgIpc) is 2.87. The summed E-state index contributed by atoms with van der Waals surface area (Å²) in [4.78, 5) is 12.5. The molecule has 6 nitrogen and oxygen atoms in total. The van der Waals surface area contributed by atoms with Crippen molar-refractivity contribution in [2.75, 3.05) is 12.4 Å². The van der Waals surface area contributed by atoms with Crippen LogP contribution < -0.4 is 10.1 Å². The average molecular weight is 276 g/mol. The lowest BCUT2D eigenvalue weighted by atomic mass is 10.4. The molecule has 0 atom stereocenters. The molecule has 0 spiro atoms. The maximum absolute atomic E-state index is 5.87. The maximum Gasteiger partial charge on any atom is 0.265 e. The van der Waals surface area contributed by atoms with Gasteiger partial charge < -0.3 is 10.1 Å². The number of nitrogens with one attached hydrogen (secondary N) is 1. The van der Waals surface area contributed by atoms with Gasteiger partial charge in [-0.15, -0.1) is 0 Å². The minimum absolute atomic E-state index is 0.390. The summed E-state index contributed by atoms with van der Waals surface area (Å²) in [5, 5.41) is 3.47. The second-order valence-electron chi connectivity index (χ2n) is 3.78. The topological polar surface area (TPSA) is 64.3 Å². The Morgan fingerprint density at radius 3 is 3.05 bits per heavy atom. The van der Waals surface area contributed by atoms with E-state index in [-0.39, 0.29) is 0 Å². The van der Waals surface area contributed by atoms with Crippen molar-refractivity contribution >= 4 is 23.1 Å². The molecule has 0 unspecified atom stereocenters. The number of fused-ring (bicyclic) bond motifs is 1. The Labute approximate surface area is 114 Å². The molecule has 0 aliphatic rings. The van der Waals surface area contributed by atoms with Crippen molar-refractivity contribution in [3.05, 3.63) is 42.1 Å². The van der Waals surface area contributed by atoms with Gasteiger partial charge in [-0.1, -0.05) is 11.6 Å². The first-order chi connectivity index (χ1) is 9.26. The summed E-state index contributed by atoms with van der Waals surface area (Å²) in [5.74, 6) is 1.58. The third-order valence-corrected chi connectivity index (χ3v) is 2.70. The summed E-state index contributed by atoms with van der Waals surface area (Å²) in [6.07, 6.45) is 8.43. The SMILES string of the molecule is CNc1cn2ccnc2c(Oc2cncc(Cl)c2)n1. The quantitative estimate of drug-likeness (QED) is 0.796. The van der Waals surface area contributed by atoms with Crippen LogP contribution >= 0.6 is 11.6 Å². The zero-order valence-electron chi connectivity index (χ0n) is 10.0. The van der Waals surface area contributed by atoms with Crippen LogP contribution in [0.2, 0.25) is 5.02 Å². The number of halogens is 1. The summed E-state index contributed by atoms with van der Waals surface area (Å²) in [5.41, 5.74) is 0.624. The van der Waals surface area contributed by atoms with E-state index in [1.165, 1.54) is 6.20 Å². The molecule has 0 amide bonds. The van der Waals surface area contributed by atoms with Crippen LogP contribution in [-0.4, -0.2) is 26.4 Å². The van der Waals surface area contributed by atoms with E-state index in [1.54, 1.807) is 25.5 Å². The number of aromatic nitrogens is 4. The van der Waals surface area contributed by atoms with Crippen LogP contribution in [0.15, 0.2) is 37.1 Å². The molecule has 7 heteroatoms. The van der Waals surface area contributed by atoms with Crippen molar-refractivity contribution in [2.45, 2.75) is 0 Å². The van der Waals surface area contributed by atoms with Gasteiger partial charge in [0.25, 0.3) is 5.88 Å². The van der Waals surface area contributed by atoms with E-state index < -0.39 is 0 Å². The lowest BCUT2D eigenvalue weighted by molar-refractivity contribution is 0.463. The van der Waals surface area contributed by atoms with Gasteiger partial charge in [0, 0.05) is 31.7 Å². The standard InChI is InChI=1S/C12H10ClN5O/c1-14-10-7-18-3-2-16-11(18)12(17-10)19-9-4-8(13)5-15-6-9/h2-7,14H,1H3. The number of rotatable bonds is 3. The van der Waals surface area contributed by atoms with Gasteiger partial charge in [0.2, 0.25) is 5.65 Å². The molecule has 96 valence electrons. The largest absolute Gasteiger partial charge is 0.434 e. The summed E-state index contributed by atoms with van der Waals surface area (Å²) in [6, 6.07) is 1.67. The van der Waals surface area contributed by atoms with Crippen molar-refractivity contribution in [3.8, 4) is 11.6 Å². The molecule has 0 saturated carbocycles. The van der Waals surface area contributed by atoms with Crippen LogP contribution in [0.1, 0.15) is 0 Å². The monoisotopic (exact) mass is 275 g/mol. The molecular formula is C12H10ClN5O. The lowest BCUT2D eigenvalue weighted by Crippen LogP contribution is -1.99. The summed E-state index contributed by atoms with van der Waals surface area (Å²) >= 11 is 5.87. The smallest absolute Gasteiger partial charge is 0.265 e. The van der Waals surface area contributed by atoms with E-state index >= 15 is 0 Å². The van der Waals surface area contributed by atoms with E-state index in [0.29, 0.717) is 28.1 Å². The van der Waals surface area contributed by atoms with Gasteiger partial charge in [-0.25, -0.2) is 4.98 Å². The highest BCUT2D eigenvalue weighted by Crippen LogP contribution is 2.25. The van der Waals surface area contributed by atoms with Crippen LogP contribution in [0.3, 0.4) is 0 Å². The lowest BCUT2D eigenvalue weighted by Gasteiger charge is -2.08. The highest BCUT2D eigenvalue weighted by Gasteiger charge is 2.09. The number of imidazole rings is 1. The van der Waals surface area contributed by atoms with Crippen molar-refractivity contribution < 1.29 is 4.74 Å². The fourth-order valence-electron chi connectivity index (χ4n) is 1.65. The first-order valence-corrected chi connectivity index (χ1v) is 5.94. The zero-order chi connectivity index (χ0) is 13.2. The molecule has 3 aromatic rings. The van der Waals surface area contributed by atoms with Gasteiger partial charge in [-0.05, 0) is 0 Å². The molecule has 3 rings (SSSR count). The Hall–Kier alpha value is -2.34. The van der Waals surface area contributed by atoms with Crippen molar-refractivity contribution in [3.63, 3.8) is 0 Å². The minimum Gasteiger partial charge on any atom is -0.434 e. The van der Waals surface area contributed by atoms with Crippen molar-refractivity contribution in [1.29, 1.82) is 0 Å². The molecule has 0 saturated heterocycles. The van der Waals surface area contributed by atoms with E-state index in [1.807, 2.05) is 16.8 Å². The molecule has 0 aliphatic carbocycles. The molecule has 19 heavy (non-hydrogen) atoms. The van der Waals surface area contributed by atoms with Crippen LogP contribution in [0.5, 0.6) is 11.6 Å². The van der Waals surface area contributed by atoms with E-state index in [9.17, 15) is 0 Å². The Morgan fingerprint density at radius 1 is 1.37 bits per heavy atom. The summed E-state index contributed by atoms with van der Waals surface area (Å²) in [7, 11) is 1.79. The third kappa shape index (κ3) is 2.30.